The molecule has 5 nitrogen and oxygen atoms in total. The molecular weight excluding hydrogens is 388 g/mol. The van der Waals surface area contributed by atoms with E-state index in [4.69, 9.17) is 9.57 Å². The molecule has 1 aliphatic carbocycles. The highest BCUT2D eigenvalue weighted by Gasteiger charge is 2.26. The van der Waals surface area contributed by atoms with E-state index < -0.39 is 0 Å². The highest BCUT2D eigenvalue weighted by molar-refractivity contribution is 5.75. The van der Waals surface area contributed by atoms with Crippen molar-refractivity contribution >= 4 is 12.2 Å². The van der Waals surface area contributed by atoms with Gasteiger partial charge in [0.25, 0.3) is 0 Å². The lowest BCUT2D eigenvalue weighted by Gasteiger charge is -2.30. The second-order valence-electron chi connectivity index (χ2n) is 8.35. The fraction of sp³-hybridized carbons (Fsp3) is 0.462. The summed E-state index contributed by atoms with van der Waals surface area (Å²) in [6.45, 7) is 5.32. The molecule has 0 bridgehead atoms. The Morgan fingerprint density at radius 1 is 1.10 bits per heavy atom. The van der Waals surface area contributed by atoms with Crippen LogP contribution in [0.5, 0.6) is 0 Å². The van der Waals surface area contributed by atoms with Crippen molar-refractivity contribution in [3.05, 3.63) is 70.8 Å². The zero-order chi connectivity index (χ0) is 21.5. The number of benzene rings is 2. The van der Waals surface area contributed by atoms with E-state index in [-0.39, 0.29) is 17.8 Å². The van der Waals surface area contributed by atoms with Crippen LogP contribution < -0.4 is 0 Å². The average Bonchev–Trinajstić information content (AvgIpc) is 2.96. The molecule has 0 aromatic heterocycles. The molecule has 4 rings (SSSR count). The first-order valence-corrected chi connectivity index (χ1v) is 11.5. The summed E-state index contributed by atoms with van der Waals surface area (Å²) in [5.41, 5.74) is 5.39. The molecule has 5 heteroatoms. The van der Waals surface area contributed by atoms with Crippen LogP contribution in [-0.2, 0) is 27.2 Å². The van der Waals surface area contributed by atoms with Gasteiger partial charge in [-0.25, -0.2) is 0 Å². The van der Waals surface area contributed by atoms with Crippen LogP contribution in [0.25, 0.3) is 0 Å². The predicted molar refractivity (Wildman–Crippen MR) is 122 cm³/mol. The van der Waals surface area contributed by atoms with Gasteiger partial charge in [-0.15, -0.1) is 0 Å². The number of esters is 1. The number of fused-ring (bicyclic) bond motifs is 2. The Morgan fingerprint density at radius 2 is 1.77 bits per heavy atom. The molecule has 0 spiro atoms. The van der Waals surface area contributed by atoms with Crippen molar-refractivity contribution in [2.45, 2.75) is 38.5 Å². The number of likely N-dealkylation sites (tertiary alicyclic amines) is 1. The highest BCUT2D eigenvalue weighted by atomic mass is 16.6. The molecule has 1 aliphatic heterocycles. The number of hydrogen-bond donors (Lipinski definition) is 0. The Balaban J connectivity index is 1.36. The monoisotopic (exact) mass is 420 g/mol. The summed E-state index contributed by atoms with van der Waals surface area (Å²) < 4.78 is 5.19. The Bertz CT molecular complexity index is 864. The summed E-state index contributed by atoms with van der Waals surface area (Å²) >= 11 is 0. The zero-order valence-corrected chi connectivity index (χ0v) is 18.3. The van der Waals surface area contributed by atoms with Crippen LogP contribution >= 0.6 is 0 Å². The third-order valence-electron chi connectivity index (χ3n) is 6.35. The minimum Gasteiger partial charge on any atom is -0.466 e. The summed E-state index contributed by atoms with van der Waals surface area (Å²) in [5.74, 6) is 0.0195. The summed E-state index contributed by atoms with van der Waals surface area (Å²) in [4.78, 5) is 20.0. The van der Waals surface area contributed by atoms with Crippen LogP contribution in [0.3, 0.4) is 0 Å². The van der Waals surface area contributed by atoms with E-state index in [2.05, 4.69) is 58.6 Å². The summed E-state index contributed by atoms with van der Waals surface area (Å²) in [6.07, 6.45) is 5.97. The third-order valence-corrected chi connectivity index (χ3v) is 6.35. The maximum Gasteiger partial charge on any atom is 0.310 e. The van der Waals surface area contributed by atoms with Crippen LogP contribution in [0.4, 0.5) is 0 Å². The first kappa shape index (κ1) is 21.6. The number of piperidine rings is 1. The van der Waals surface area contributed by atoms with E-state index in [1.807, 2.05) is 13.1 Å². The van der Waals surface area contributed by atoms with Crippen molar-refractivity contribution < 1.29 is 14.4 Å². The van der Waals surface area contributed by atoms with E-state index in [0.29, 0.717) is 13.2 Å². The van der Waals surface area contributed by atoms with Crippen LogP contribution in [-0.4, -0.2) is 49.9 Å². The SMILES string of the molecule is CCOC(=O)[C@@H]1CCCN(CCO/N=C/C2c3ccccc3CCc3ccccc32)C1. The first-order valence-electron chi connectivity index (χ1n) is 11.5. The lowest BCUT2D eigenvalue weighted by Crippen LogP contribution is -2.40. The summed E-state index contributed by atoms with van der Waals surface area (Å²) in [7, 11) is 0. The largest absolute Gasteiger partial charge is 0.466 e. The maximum absolute atomic E-state index is 12.0. The van der Waals surface area contributed by atoms with Crippen molar-refractivity contribution in [2.24, 2.45) is 11.1 Å². The van der Waals surface area contributed by atoms with Gasteiger partial charge in [0.15, 0.2) is 0 Å². The van der Waals surface area contributed by atoms with E-state index >= 15 is 0 Å². The second-order valence-corrected chi connectivity index (χ2v) is 8.35. The van der Waals surface area contributed by atoms with Gasteiger partial charge in [0.2, 0.25) is 0 Å². The van der Waals surface area contributed by atoms with Crippen molar-refractivity contribution in [3.63, 3.8) is 0 Å². The number of ether oxygens (including phenoxy) is 1. The molecule has 0 radical (unpaired) electrons. The molecule has 0 N–H and O–H groups in total. The topological polar surface area (TPSA) is 51.1 Å². The molecule has 0 amide bonds. The minimum atomic E-state index is -0.0724. The van der Waals surface area contributed by atoms with E-state index in [1.54, 1.807) is 0 Å². The van der Waals surface area contributed by atoms with Crippen LogP contribution in [0.15, 0.2) is 53.7 Å². The molecule has 2 aliphatic rings. The van der Waals surface area contributed by atoms with Gasteiger partial charge in [-0.2, -0.15) is 0 Å². The summed E-state index contributed by atoms with van der Waals surface area (Å²) in [5, 5.41) is 4.36. The van der Waals surface area contributed by atoms with Crippen molar-refractivity contribution in [1.82, 2.24) is 4.90 Å². The van der Waals surface area contributed by atoms with Gasteiger partial charge in [-0.1, -0.05) is 53.7 Å². The lowest BCUT2D eigenvalue weighted by molar-refractivity contribution is -0.150. The number of carbonyl (C=O) groups is 1. The molecule has 1 fully saturated rings. The Hall–Kier alpha value is -2.66. The fourth-order valence-corrected chi connectivity index (χ4v) is 4.77. The second kappa shape index (κ2) is 10.6. The number of oxime groups is 1. The Morgan fingerprint density at radius 3 is 2.45 bits per heavy atom. The first-order chi connectivity index (χ1) is 15.3. The highest BCUT2D eigenvalue weighted by Crippen LogP contribution is 2.33. The third kappa shape index (κ3) is 5.34. The maximum atomic E-state index is 12.0. The number of hydrogen-bond acceptors (Lipinski definition) is 5. The smallest absolute Gasteiger partial charge is 0.310 e. The van der Waals surface area contributed by atoms with Crippen molar-refractivity contribution in [2.75, 3.05) is 32.8 Å². The van der Waals surface area contributed by atoms with Gasteiger partial charge in [-0.3, -0.25) is 9.69 Å². The number of aryl methyl sites for hydroxylation is 2. The molecule has 1 heterocycles. The van der Waals surface area contributed by atoms with Gasteiger partial charge in [0.1, 0.15) is 6.61 Å². The number of nitrogens with zero attached hydrogens (tertiary/aromatic N) is 2. The zero-order valence-electron chi connectivity index (χ0n) is 18.3. The standard InChI is InChI=1S/C26H32N2O3/c1-2-30-26(29)22-10-7-15-28(19-22)16-17-31-27-18-25-23-11-5-3-8-20(23)13-14-21-9-4-6-12-24(21)25/h3-6,8-9,11-12,18,22,25H,2,7,10,13-17,19H2,1H3/b27-18+/t22-/m1/s1. The van der Waals surface area contributed by atoms with E-state index in [0.717, 1.165) is 45.3 Å². The number of carbonyl (C=O) groups excluding carboxylic acids is 1. The van der Waals surface area contributed by atoms with Gasteiger partial charge >= 0.3 is 5.97 Å². The minimum absolute atomic E-state index is 0.0174. The Labute approximate surface area is 185 Å². The summed E-state index contributed by atoms with van der Waals surface area (Å²) in [6, 6.07) is 17.3. The van der Waals surface area contributed by atoms with Crippen LogP contribution in [0, 0.1) is 5.92 Å². The van der Waals surface area contributed by atoms with Gasteiger partial charge < -0.3 is 9.57 Å². The molecule has 0 saturated carbocycles. The molecular formula is C26H32N2O3. The van der Waals surface area contributed by atoms with Gasteiger partial charge in [0.05, 0.1) is 18.7 Å². The molecule has 0 unspecified atom stereocenters. The molecule has 31 heavy (non-hydrogen) atoms. The van der Waals surface area contributed by atoms with Crippen molar-refractivity contribution in [3.8, 4) is 0 Å². The Kier molecular flexibility index (Phi) is 7.36. The average molecular weight is 421 g/mol. The molecule has 2 aromatic carbocycles. The fourth-order valence-electron chi connectivity index (χ4n) is 4.77. The number of rotatable bonds is 7. The predicted octanol–water partition coefficient (Wildman–Crippen LogP) is 4.19. The van der Waals surface area contributed by atoms with Crippen LogP contribution in [0.2, 0.25) is 0 Å². The molecule has 1 atom stereocenters. The quantitative estimate of drug-likeness (QED) is 0.292. The van der Waals surface area contributed by atoms with Gasteiger partial charge in [-0.05, 0) is 61.4 Å². The van der Waals surface area contributed by atoms with E-state index in [9.17, 15) is 4.79 Å². The normalized spacial score (nSPS) is 19.5. The molecule has 2 aromatic rings. The van der Waals surface area contributed by atoms with Crippen LogP contribution in [0.1, 0.15) is 47.9 Å². The van der Waals surface area contributed by atoms with Crippen molar-refractivity contribution in [1.29, 1.82) is 0 Å². The lowest BCUT2D eigenvalue weighted by atomic mass is 9.89. The molecule has 1 saturated heterocycles. The molecule has 164 valence electrons. The van der Waals surface area contributed by atoms with Gasteiger partial charge in [0, 0.05) is 19.0 Å². The van der Waals surface area contributed by atoms with E-state index in [1.165, 1.54) is 22.3 Å².